The third kappa shape index (κ3) is 22.7. The van der Waals surface area contributed by atoms with E-state index < -0.39 is 20.2 Å². The molecular weight excluding hydrogens is 486 g/mol. The summed E-state index contributed by atoms with van der Waals surface area (Å²) in [7, 11) is -8.19. The zero-order valence-electron chi connectivity index (χ0n) is 15.6. The molecule has 164 valence electrons. The molecule has 0 fully saturated rings. The minimum absolute atomic E-state index is 0. The summed E-state index contributed by atoms with van der Waals surface area (Å²) in [5.41, 5.74) is 1.62. The van der Waals surface area contributed by atoms with Crippen molar-refractivity contribution in [3.63, 3.8) is 0 Å². The van der Waals surface area contributed by atoms with Gasteiger partial charge in [-0.15, -0.1) is 0 Å². The second-order valence-corrected chi connectivity index (χ2v) is 7.78. The van der Waals surface area contributed by atoms with Crippen LogP contribution in [0.25, 0.3) is 0 Å². The number of aromatic nitrogens is 2. The minimum atomic E-state index is -4.09. The SMILES string of the molecule is O=S(=O)([O-])CCc1ccncc1.O=S(=O)([O-])CCc1ccncc1.[OH3+].[OH3+].[OH3+].[OH3+].[Zn+2]. The normalized spacial score (nSPS) is 9.45. The molecule has 0 spiro atoms. The smallest absolute Gasteiger partial charge is 0.748 e. The molecule has 0 aliphatic heterocycles. The first-order chi connectivity index (χ1) is 11.2. The molecular formula is C14H28N2O10S2Zn+4. The van der Waals surface area contributed by atoms with Gasteiger partial charge in [-0.2, -0.15) is 0 Å². The molecule has 2 rings (SSSR count). The predicted molar refractivity (Wildman–Crippen MR) is 104 cm³/mol. The van der Waals surface area contributed by atoms with Crippen molar-refractivity contribution in [2.24, 2.45) is 0 Å². The van der Waals surface area contributed by atoms with Crippen LogP contribution in [0.1, 0.15) is 11.1 Å². The first-order valence-corrected chi connectivity index (χ1v) is 9.96. The second kappa shape index (κ2) is 18.6. The molecule has 0 unspecified atom stereocenters. The fourth-order valence-corrected chi connectivity index (χ4v) is 2.56. The maximum Gasteiger partial charge on any atom is 2.00 e. The van der Waals surface area contributed by atoms with E-state index >= 15 is 0 Å². The molecule has 0 saturated heterocycles. The molecule has 12 nitrogen and oxygen atoms in total. The van der Waals surface area contributed by atoms with Crippen LogP contribution in [0.4, 0.5) is 0 Å². The molecule has 0 aliphatic carbocycles. The number of nitrogens with zero attached hydrogens (tertiary/aromatic N) is 2. The van der Waals surface area contributed by atoms with E-state index in [0.29, 0.717) is 0 Å². The number of hydrogen-bond donors (Lipinski definition) is 0. The van der Waals surface area contributed by atoms with Gasteiger partial charge in [0.25, 0.3) is 0 Å². The number of rotatable bonds is 6. The molecule has 2 aromatic rings. The summed E-state index contributed by atoms with van der Waals surface area (Å²) in [4.78, 5) is 7.52. The fourth-order valence-electron chi connectivity index (χ4n) is 1.58. The van der Waals surface area contributed by atoms with Crippen molar-refractivity contribution < 1.29 is 67.3 Å². The molecule has 29 heavy (non-hydrogen) atoms. The van der Waals surface area contributed by atoms with Crippen LogP contribution in [0, 0.1) is 0 Å². The van der Waals surface area contributed by atoms with Gasteiger partial charge in [0.15, 0.2) is 0 Å². The number of pyridine rings is 2. The van der Waals surface area contributed by atoms with E-state index in [4.69, 9.17) is 0 Å². The van der Waals surface area contributed by atoms with Gasteiger partial charge in [-0.25, -0.2) is 16.8 Å². The van der Waals surface area contributed by atoms with Crippen LogP contribution < -0.4 is 0 Å². The van der Waals surface area contributed by atoms with E-state index in [1.165, 1.54) is 0 Å². The Kier molecular flexibility index (Phi) is 24.5. The average molecular weight is 514 g/mol. The number of hydrogen-bond acceptors (Lipinski definition) is 8. The number of aryl methyl sites for hydroxylation is 2. The van der Waals surface area contributed by atoms with Gasteiger partial charge in [0.1, 0.15) is 0 Å². The van der Waals surface area contributed by atoms with Crippen molar-refractivity contribution in [2.45, 2.75) is 12.8 Å². The fraction of sp³-hybridized carbons (Fsp3) is 0.286. The largest absolute Gasteiger partial charge is 2.00 e. The van der Waals surface area contributed by atoms with E-state index in [1.807, 2.05) is 0 Å². The van der Waals surface area contributed by atoms with Crippen LogP contribution in [0.15, 0.2) is 49.1 Å². The average Bonchev–Trinajstić information content (AvgIpc) is 2.52. The Morgan fingerprint density at radius 1 is 0.621 bits per heavy atom. The predicted octanol–water partition coefficient (Wildman–Crippen LogP) is -3.35. The maximum absolute atomic E-state index is 10.2. The Bertz CT molecular complexity index is 750. The molecule has 0 bridgehead atoms. The summed E-state index contributed by atoms with van der Waals surface area (Å²) in [5.74, 6) is -0.700. The van der Waals surface area contributed by atoms with Crippen LogP contribution in [-0.2, 0) is 74.5 Å². The zero-order chi connectivity index (χ0) is 18.1. The van der Waals surface area contributed by atoms with Crippen molar-refractivity contribution in [1.29, 1.82) is 0 Å². The van der Waals surface area contributed by atoms with Gasteiger partial charge in [-0.1, -0.05) is 0 Å². The van der Waals surface area contributed by atoms with Crippen molar-refractivity contribution in [3.8, 4) is 0 Å². The summed E-state index contributed by atoms with van der Waals surface area (Å²) in [6.45, 7) is 0. The molecule has 0 radical (unpaired) electrons. The second-order valence-electron chi connectivity index (χ2n) is 4.73. The third-order valence-corrected chi connectivity index (χ3v) is 4.19. The third-order valence-electron chi connectivity index (χ3n) is 2.78. The van der Waals surface area contributed by atoms with Crippen molar-refractivity contribution >= 4 is 20.2 Å². The zero-order valence-corrected chi connectivity index (χ0v) is 20.2. The maximum atomic E-state index is 10.2. The molecule has 12 N–H and O–H groups in total. The molecule has 0 aromatic carbocycles. The topological polar surface area (TPSA) is 272 Å². The molecule has 0 saturated carbocycles. The minimum Gasteiger partial charge on any atom is -0.748 e. The summed E-state index contributed by atoms with van der Waals surface area (Å²) in [5, 5.41) is 0. The van der Waals surface area contributed by atoms with Crippen molar-refractivity contribution in [2.75, 3.05) is 11.5 Å². The summed E-state index contributed by atoms with van der Waals surface area (Å²) < 4.78 is 61.4. The standard InChI is InChI=1S/2C7H9NO3S.4H2O.Zn/c2*9-12(10,11)6-3-7-1-4-8-5-2-7;;;;;/h2*1-2,4-5H,3,6H2,(H,9,10,11);4*1H2;/q;;;;;;+2/p+2. The summed E-state index contributed by atoms with van der Waals surface area (Å²) in [6, 6.07) is 6.74. The van der Waals surface area contributed by atoms with Crippen LogP contribution >= 0.6 is 0 Å². The van der Waals surface area contributed by atoms with Gasteiger partial charge >= 0.3 is 19.5 Å². The van der Waals surface area contributed by atoms with E-state index in [0.717, 1.165) is 11.1 Å². The van der Waals surface area contributed by atoms with E-state index in [1.54, 1.807) is 49.1 Å². The van der Waals surface area contributed by atoms with Gasteiger partial charge in [-0.3, -0.25) is 9.97 Å². The summed E-state index contributed by atoms with van der Waals surface area (Å²) >= 11 is 0. The Morgan fingerprint density at radius 3 is 1.07 bits per heavy atom. The first-order valence-electron chi connectivity index (χ1n) is 6.81. The Balaban J connectivity index is -0.000000113. The van der Waals surface area contributed by atoms with Crippen LogP contribution in [0.2, 0.25) is 0 Å². The Morgan fingerprint density at radius 2 is 0.862 bits per heavy atom. The van der Waals surface area contributed by atoms with Gasteiger partial charge in [0, 0.05) is 36.3 Å². The van der Waals surface area contributed by atoms with Gasteiger partial charge in [0.05, 0.1) is 20.2 Å². The molecule has 0 atom stereocenters. The quantitative estimate of drug-likeness (QED) is 0.213. The van der Waals surface area contributed by atoms with E-state index in [-0.39, 0.29) is 65.7 Å². The Labute approximate surface area is 181 Å². The Hall–Kier alpha value is -1.42. The van der Waals surface area contributed by atoms with Crippen molar-refractivity contribution in [1.82, 2.24) is 9.97 Å². The van der Waals surface area contributed by atoms with Crippen LogP contribution in [-0.4, -0.2) is 47.4 Å². The monoisotopic (exact) mass is 512 g/mol. The van der Waals surface area contributed by atoms with Gasteiger partial charge in [0.2, 0.25) is 0 Å². The summed E-state index contributed by atoms with van der Waals surface area (Å²) in [6.07, 6.45) is 6.77. The van der Waals surface area contributed by atoms with Crippen LogP contribution in [0.3, 0.4) is 0 Å². The molecule has 0 amide bonds. The van der Waals surface area contributed by atoms with E-state index in [9.17, 15) is 25.9 Å². The van der Waals surface area contributed by atoms with Gasteiger partial charge < -0.3 is 31.0 Å². The van der Waals surface area contributed by atoms with Gasteiger partial charge in [-0.05, 0) is 48.2 Å². The molecule has 2 aromatic heterocycles. The van der Waals surface area contributed by atoms with Crippen molar-refractivity contribution in [3.05, 3.63) is 60.2 Å². The first kappa shape index (κ1) is 38.2. The molecule has 2 heterocycles. The molecule has 15 heteroatoms. The van der Waals surface area contributed by atoms with Crippen LogP contribution in [0.5, 0.6) is 0 Å². The molecule has 0 aliphatic rings. The van der Waals surface area contributed by atoms with E-state index in [2.05, 4.69) is 9.97 Å².